The number of hydrogen-bond acceptors (Lipinski definition) is 5. The SMILES string of the molecule is COCc1ccccc1Nc1ccc(N)c(OC)n1. The van der Waals surface area contributed by atoms with Crippen LogP contribution in [0.25, 0.3) is 0 Å². The van der Waals surface area contributed by atoms with Crippen LogP contribution in [0.1, 0.15) is 5.56 Å². The smallest absolute Gasteiger partial charge is 0.238 e. The molecule has 0 aliphatic carbocycles. The third-order valence-corrected chi connectivity index (χ3v) is 2.66. The van der Waals surface area contributed by atoms with Gasteiger partial charge in [0.15, 0.2) is 0 Å². The van der Waals surface area contributed by atoms with E-state index in [2.05, 4.69) is 10.3 Å². The Bertz CT molecular complexity index is 558. The Morgan fingerprint density at radius 1 is 1.16 bits per heavy atom. The number of benzene rings is 1. The first-order valence-electron chi connectivity index (χ1n) is 5.89. The van der Waals surface area contributed by atoms with Gasteiger partial charge in [0.25, 0.3) is 0 Å². The molecule has 0 saturated heterocycles. The molecule has 0 aliphatic heterocycles. The van der Waals surface area contributed by atoms with Crippen molar-refractivity contribution >= 4 is 17.2 Å². The van der Waals surface area contributed by atoms with E-state index in [1.54, 1.807) is 26.4 Å². The molecule has 0 radical (unpaired) electrons. The van der Waals surface area contributed by atoms with E-state index >= 15 is 0 Å². The van der Waals surface area contributed by atoms with Gasteiger partial charge in [-0.05, 0) is 18.2 Å². The fourth-order valence-electron chi connectivity index (χ4n) is 1.75. The number of rotatable bonds is 5. The Hall–Kier alpha value is -2.27. The molecule has 0 atom stereocenters. The predicted molar refractivity (Wildman–Crippen MR) is 75.6 cm³/mol. The summed E-state index contributed by atoms with van der Waals surface area (Å²) in [4.78, 5) is 4.29. The van der Waals surface area contributed by atoms with Gasteiger partial charge in [0.05, 0.1) is 19.4 Å². The molecule has 2 rings (SSSR count). The van der Waals surface area contributed by atoms with Gasteiger partial charge < -0.3 is 20.5 Å². The molecule has 0 fully saturated rings. The largest absolute Gasteiger partial charge is 0.479 e. The molecule has 3 N–H and O–H groups in total. The van der Waals surface area contributed by atoms with Gasteiger partial charge in [-0.2, -0.15) is 4.98 Å². The lowest BCUT2D eigenvalue weighted by Gasteiger charge is -2.12. The Morgan fingerprint density at radius 2 is 1.95 bits per heavy atom. The Morgan fingerprint density at radius 3 is 2.68 bits per heavy atom. The first-order chi connectivity index (χ1) is 9.24. The van der Waals surface area contributed by atoms with Crippen molar-refractivity contribution in [2.24, 2.45) is 0 Å². The summed E-state index contributed by atoms with van der Waals surface area (Å²) in [6.07, 6.45) is 0. The lowest BCUT2D eigenvalue weighted by Crippen LogP contribution is -2.01. The topological polar surface area (TPSA) is 69.4 Å². The van der Waals surface area contributed by atoms with Gasteiger partial charge in [-0.1, -0.05) is 18.2 Å². The van der Waals surface area contributed by atoms with Gasteiger partial charge in [-0.3, -0.25) is 0 Å². The van der Waals surface area contributed by atoms with Crippen molar-refractivity contribution in [3.05, 3.63) is 42.0 Å². The van der Waals surface area contributed by atoms with Crippen LogP contribution in [0.4, 0.5) is 17.2 Å². The molecule has 0 aliphatic rings. The minimum atomic E-state index is 0.411. The van der Waals surface area contributed by atoms with Gasteiger partial charge in [0, 0.05) is 18.4 Å². The molecule has 0 amide bonds. The minimum absolute atomic E-state index is 0.411. The monoisotopic (exact) mass is 259 g/mol. The summed E-state index contributed by atoms with van der Waals surface area (Å²) in [5, 5.41) is 3.23. The van der Waals surface area contributed by atoms with Crippen molar-refractivity contribution in [1.82, 2.24) is 4.98 Å². The highest BCUT2D eigenvalue weighted by molar-refractivity contribution is 5.63. The fourth-order valence-corrected chi connectivity index (χ4v) is 1.75. The molecule has 0 bridgehead atoms. The van der Waals surface area contributed by atoms with Crippen LogP contribution < -0.4 is 15.8 Å². The minimum Gasteiger partial charge on any atom is -0.479 e. The number of para-hydroxylation sites is 1. The maximum absolute atomic E-state index is 5.74. The van der Waals surface area contributed by atoms with Crippen LogP contribution in [0.15, 0.2) is 36.4 Å². The highest BCUT2D eigenvalue weighted by atomic mass is 16.5. The van der Waals surface area contributed by atoms with Crippen LogP contribution in [-0.4, -0.2) is 19.2 Å². The number of pyridine rings is 1. The standard InChI is InChI=1S/C14H17N3O2/c1-18-9-10-5-3-4-6-12(10)16-13-8-7-11(15)14(17-13)19-2/h3-8H,9,15H2,1-2H3,(H,16,17). The van der Waals surface area contributed by atoms with Crippen molar-refractivity contribution in [2.75, 3.05) is 25.3 Å². The van der Waals surface area contributed by atoms with E-state index in [9.17, 15) is 0 Å². The summed E-state index contributed by atoms with van der Waals surface area (Å²) >= 11 is 0. The number of nitrogen functional groups attached to an aromatic ring is 1. The third kappa shape index (κ3) is 3.14. The normalized spacial score (nSPS) is 10.2. The molecule has 19 heavy (non-hydrogen) atoms. The molecular weight excluding hydrogens is 242 g/mol. The maximum atomic E-state index is 5.74. The van der Waals surface area contributed by atoms with Crippen molar-refractivity contribution in [3.63, 3.8) is 0 Å². The van der Waals surface area contributed by atoms with Crippen LogP contribution in [-0.2, 0) is 11.3 Å². The van der Waals surface area contributed by atoms with Crippen molar-refractivity contribution < 1.29 is 9.47 Å². The van der Waals surface area contributed by atoms with Gasteiger partial charge >= 0.3 is 0 Å². The van der Waals surface area contributed by atoms with Gasteiger partial charge in [0.2, 0.25) is 5.88 Å². The van der Waals surface area contributed by atoms with Crippen molar-refractivity contribution in [3.8, 4) is 5.88 Å². The molecular formula is C14H17N3O2. The predicted octanol–water partition coefficient (Wildman–Crippen LogP) is 2.56. The number of ether oxygens (including phenoxy) is 2. The van der Waals surface area contributed by atoms with E-state index in [0.717, 1.165) is 11.3 Å². The van der Waals surface area contributed by atoms with Gasteiger partial charge in [-0.25, -0.2) is 0 Å². The quantitative estimate of drug-likeness (QED) is 0.863. The second kappa shape index (κ2) is 6.06. The Labute approximate surface area is 112 Å². The van der Waals surface area contributed by atoms with Crippen LogP contribution >= 0.6 is 0 Å². The summed E-state index contributed by atoms with van der Waals surface area (Å²) in [6.45, 7) is 0.537. The molecule has 5 nitrogen and oxygen atoms in total. The zero-order valence-electron chi connectivity index (χ0n) is 11.0. The molecule has 1 aromatic carbocycles. The summed E-state index contributed by atoms with van der Waals surface area (Å²) in [6, 6.07) is 11.5. The average molecular weight is 259 g/mol. The second-order valence-electron chi connectivity index (χ2n) is 4.01. The number of nitrogens with one attached hydrogen (secondary N) is 1. The summed E-state index contributed by atoms with van der Waals surface area (Å²) < 4.78 is 10.3. The highest BCUT2D eigenvalue weighted by Crippen LogP contribution is 2.24. The molecule has 1 aromatic heterocycles. The zero-order valence-corrected chi connectivity index (χ0v) is 11.0. The number of anilines is 3. The van der Waals surface area contributed by atoms with Crippen molar-refractivity contribution in [1.29, 1.82) is 0 Å². The van der Waals surface area contributed by atoms with E-state index in [4.69, 9.17) is 15.2 Å². The van der Waals surface area contributed by atoms with Crippen LogP contribution in [0.3, 0.4) is 0 Å². The van der Waals surface area contributed by atoms with Gasteiger partial charge in [0.1, 0.15) is 5.82 Å². The second-order valence-corrected chi connectivity index (χ2v) is 4.01. The number of aromatic nitrogens is 1. The Kier molecular flexibility index (Phi) is 4.20. The van der Waals surface area contributed by atoms with E-state index < -0.39 is 0 Å². The lowest BCUT2D eigenvalue weighted by atomic mass is 10.2. The average Bonchev–Trinajstić information content (AvgIpc) is 2.43. The molecule has 0 spiro atoms. The number of nitrogens with two attached hydrogens (primary N) is 1. The van der Waals surface area contributed by atoms with Gasteiger partial charge in [-0.15, -0.1) is 0 Å². The summed E-state index contributed by atoms with van der Waals surface area (Å²) in [5.74, 6) is 1.09. The number of hydrogen-bond donors (Lipinski definition) is 2. The first kappa shape index (κ1) is 13.2. The molecule has 100 valence electrons. The van der Waals surface area contributed by atoms with Crippen LogP contribution in [0, 0.1) is 0 Å². The summed E-state index contributed by atoms with van der Waals surface area (Å²) in [5.41, 5.74) is 8.25. The zero-order chi connectivity index (χ0) is 13.7. The molecule has 1 heterocycles. The van der Waals surface area contributed by atoms with Crippen molar-refractivity contribution in [2.45, 2.75) is 6.61 Å². The van der Waals surface area contributed by atoms with Crippen LogP contribution in [0.2, 0.25) is 0 Å². The van der Waals surface area contributed by atoms with Crippen LogP contribution in [0.5, 0.6) is 5.88 Å². The third-order valence-electron chi connectivity index (χ3n) is 2.66. The Balaban J connectivity index is 2.26. The molecule has 0 saturated carbocycles. The number of nitrogens with zero attached hydrogens (tertiary/aromatic N) is 1. The van der Waals surface area contributed by atoms with E-state index in [1.165, 1.54) is 0 Å². The maximum Gasteiger partial charge on any atom is 0.238 e. The highest BCUT2D eigenvalue weighted by Gasteiger charge is 2.05. The number of methoxy groups -OCH3 is 2. The lowest BCUT2D eigenvalue weighted by molar-refractivity contribution is 0.185. The fraction of sp³-hybridized carbons (Fsp3) is 0.214. The van der Waals surface area contributed by atoms with E-state index in [-0.39, 0.29) is 0 Å². The van der Waals surface area contributed by atoms with E-state index in [1.807, 2.05) is 24.3 Å². The summed E-state index contributed by atoms with van der Waals surface area (Å²) in [7, 11) is 3.21. The molecule has 5 heteroatoms. The van der Waals surface area contributed by atoms with E-state index in [0.29, 0.717) is 24.0 Å². The first-order valence-corrected chi connectivity index (χ1v) is 5.89. The molecule has 0 unspecified atom stereocenters. The molecule has 2 aromatic rings.